The molecule has 0 amide bonds. The van der Waals surface area contributed by atoms with Gasteiger partial charge < -0.3 is 5.11 Å². The summed E-state index contributed by atoms with van der Waals surface area (Å²) in [6.45, 7) is 2.04. The lowest BCUT2D eigenvalue weighted by atomic mass is 9.66. The van der Waals surface area contributed by atoms with E-state index in [9.17, 15) is 9.90 Å². The molecule has 0 saturated heterocycles. The summed E-state index contributed by atoms with van der Waals surface area (Å²) < 4.78 is 0. The van der Waals surface area contributed by atoms with E-state index in [0.29, 0.717) is 5.78 Å². The van der Waals surface area contributed by atoms with Crippen LogP contribution >= 0.6 is 0 Å². The molecule has 2 aliphatic rings. The topological polar surface area (TPSA) is 37.3 Å². The molecule has 1 N–H and O–H groups in total. The molecule has 0 bridgehead atoms. The molecule has 0 atom stereocenters. The Bertz CT molecular complexity index is 237. The van der Waals surface area contributed by atoms with Crippen molar-refractivity contribution in [3.63, 3.8) is 0 Å². The van der Waals surface area contributed by atoms with Gasteiger partial charge in [0, 0.05) is 11.8 Å². The number of hydrogen-bond donors (Lipinski definition) is 1. The quantitative estimate of drug-likeness (QED) is 0.699. The van der Waals surface area contributed by atoms with Crippen molar-refractivity contribution < 1.29 is 9.90 Å². The molecule has 0 unspecified atom stereocenters. The summed E-state index contributed by atoms with van der Waals surface area (Å²) in [5.74, 6) is 0.468. The molecule has 80 valence electrons. The molecule has 2 saturated carbocycles. The molecule has 0 aromatic carbocycles. The Morgan fingerprint density at radius 2 is 1.86 bits per heavy atom. The van der Waals surface area contributed by atoms with Crippen LogP contribution in [0.1, 0.15) is 58.3 Å². The van der Waals surface area contributed by atoms with Crippen molar-refractivity contribution in [2.75, 3.05) is 0 Å². The van der Waals surface area contributed by atoms with Gasteiger partial charge >= 0.3 is 0 Å². The van der Waals surface area contributed by atoms with Crippen LogP contribution in [0, 0.1) is 5.41 Å². The molecule has 0 aromatic rings. The number of ketones is 1. The first-order chi connectivity index (χ1) is 6.60. The molecule has 0 aliphatic heterocycles. The molecule has 0 heterocycles. The molecule has 2 nitrogen and oxygen atoms in total. The van der Waals surface area contributed by atoms with Gasteiger partial charge in [0.25, 0.3) is 0 Å². The van der Waals surface area contributed by atoms with Crippen LogP contribution in [0.5, 0.6) is 0 Å². The van der Waals surface area contributed by atoms with Gasteiger partial charge in [0.2, 0.25) is 0 Å². The van der Waals surface area contributed by atoms with Crippen molar-refractivity contribution >= 4 is 5.78 Å². The van der Waals surface area contributed by atoms with E-state index in [-0.39, 0.29) is 5.41 Å². The lowest BCUT2D eigenvalue weighted by Crippen LogP contribution is -2.40. The number of carbonyl (C=O) groups excluding carboxylic acids is 1. The average molecular weight is 196 g/mol. The standard InChI is InChI=1S/C12H20O2/c1-2-12(14)8-6-11(7-9-12)5-3-4-10(11)13/h14H,2-9H2,1H3. The second-order valence-corrected chi connectivity index (χ2v) is 5.13. The van der Waals surface area contributed by atoms with Gasteiger partial charge in [-0.15, -0.1) is 0 Å². The van der Waals surface area contributed by atoms with Crippen LogP contribution < -0.4 is 0 Å². The zero-order chi connectivity index (χ0) is 10.2. The highest BCUT2D eigenvalue weighted by Crippen LogP contribution is 2.49. The predicted octanol–water partition coefficient (Wildman–Crippen LogP) is 2.44. The average Bonchev–Trinajstić information content (AvgIpc) is 2.55. The Morgan fingerprint density at radius 1 is 1.21 bits per heavy atom. The molecule has 2 fully saturated rings. The predicted molar refractivity (Wildman–Crippen MR) is 55.0 cm³/mol. The van der Waals surface area contributed by atoms with E-state index < -0.39 is 5.60 Å². The Labute approximate surface area is 85.7 Å². The SMILES string of the molecule is CCC1(O)CCC2(CCCC2=O)CC1. The van der Waals surface area contributed by atoms with Crippen LogP contribution in [0.25, 0.3) is 0 Å². The van der Waals surface area contributed by atoms with Gasteiger partial charge in [-0.05, 0) is 44.9 Å². The van der Waals surface area contributed by atoms with Crippen molar-refractivity contribution in [1.29, 1.82) is 0 Å². The van der Waals surface area contributed by atoms with Crippen LogP contribution in [0.4, 0.5) is 0 Å². The molecule has 2 aliphatic carbocycles. The Hall–Kier alpha value is -0.370. The van der Waals surface area contributed by atoms with Crippen molar-refractivity contribution in [2.45, 2.75) is 63.9 Å². The van der Waals surface area contributed by atoms with E-state index in [4.69, 9.17) is 0 Å². The molecule has 1 spiro atoms. The highest BCUT2D eigenvalue weighted by Gasteiger charge is 2.47. The van der Waals surface area contributed by atoms with Gasteiger partial charge in [-0.1, -0.05) is 6.92 Å². The summed E-state index contributed by atoms with van der Waals surface area (Å²) in [6, 6.07) is 0. The number of hydrogen-bond acceptors (Lipinski definition) is 2. The highest BCUT2D eigenvalue weighted by atomic mass is 16.3. The third-order valence-corrected chi connectivity index (χ3v) is 4.45. The lowest BCUT2D eigenvalue weighted by molar-refractivity contribution is -0.131. The van der Waals surface area contributed by atoms with Crippen molar-refractivity contribution in [1.82, 2.24) is 0 Å². The van der Waals surface area contributed by atoms with Gasteiger partial charge in [-0.25, -0.2) is 0 Å². The van der Waals surface area contributed by atoms with Crippen LogP contribution in [-0.2, 0) is 4.79 Å². The van der Waals surface area contributed by atoms with Crippen LogP contribution in [0.3, 0.4) is 0 Å². The minimum Gasteiger partial charge on any atom is -0.390 e. The molecule has 14 heavy (non-hydrogen) atoms. The fraction of sp³-hybridized carbons (Fsp3) is 0.917. The Morgan fingerprint density at radius 3 is 2.29 bits per heavy atom. The molecule has 0 radical (unpaired) electrons. The molecular weight excluding hydrogens is 176 g/mol. The monoisotopic (exact) mass is 196 g/mol. The third kappa shape index (κ3) is 1.50. The van der Waals surface area contributed by atoms with Gasteiger partial charge in [-0.3, -0.25) is 4.79 Å². The van der Waals surface area contributed by atoms with E-state index in [2.05, 4.69) is 0 Å². The first-order valence-corrected chi connectivity index (χ1v) is 5.86. The van der Waals surface area contributed by atoms with E-state index in [1.165, 1.54) is 0 Å². The van der Waals surface area contributed by atoms with Crippen molar-refractivity contribution in [2.24, 2.45) is 5.41 Å². The summed E-state index contributed by atoms with van der Waals surface area (Å²) in [5.41, 5.74) is -0.477. The largest absolute Gasteiger partial charge is 0.390 e. The van der Waals surface area contributed by atoms with E-state index in [1.807, 2.05) is 6.92 Å². The summed E-state index contributed by atoms with van der Waals surface area (Å²) >= 11 is 0. The van der Waals surface area contributed by atoms with Crippen LogP contribution in [0.2, 0.25) is 0 Å². The van der Waals surface area contributed by atoms with Crippen molar-refractivity contribution in [3.05, 3.63) is 0 Å². The maximum atomic E-state index is 11.8. The highest BCUT2D eigenvalue weighted by molar-refractivity contribution is 5.86. The molecule has 0 aromatic heterocycles. The minimum atomic E-state index is -0.464. The number of rotatable bonds is 1. The van der Waals surface area contributed by atoms with Gasteiger partial charge in [-0.2, -0.15) is 0 Å². The summed E-state index contributed by atoms with van der Waals surface area (Å²) in [7, 11) is 0. The Kier molecular flexibility index (Phi) is 2.42. The lowest BCUT2D eigenvalue weighted by Gasteiger charge is -2.40. The number of carbonyl (C=O) groups is 1. The number of Topliss-reactive ketones (excluding diaryl/α,β-unsaturated/α-hetero) is 1. The summed E-state index contributed by atoms with van der Waals surface area (Å²) in [4.78, 5) is 11.8. The smallest absolute Gasteiger partial charge is 0.139 e. The van der Waals surface area contributed by atoms with Crippen LogP contribution in [0.15, 0.2) is 0 Å². The fourth-order valence-electron chi connectivity index (χ4n) is 3.07. The molecular formula is C12H20O2. The summed E-state index contributed by atoms with van der Waals surface area (Å²) in [6.07, 6.45) is 7.27. The second-order valence-electron chi connectivity index (χ2n) is 5.13. The van der Waals surface area contributed by atoms with Crippen LogP contribution in [-0.4, -0.2) is 16.5 Å². The Balaban J connectivity index is 2.05. The van der Waals surface area contributed by atoms with Gasteiger partial charge in [0.1, 0.15) is 5.78 Å². The maximum Gasteiger partial charge on any atom is 0.139 e. The van der Waals surface area contributed by atoms with Crippen molar-refractivity contribution in [3.8, 4) is 0 Å². The normalized spacial score (nSPS) is 43.4. The van der Waals surface area contributed by atoms with E-state index >= 15 is 0 Å². The minimum absolute atomic E-state index is 0.0125. The first-order valence-electron chi connectivity index (χ1n) is 5.86. The molecule has 2 heteroatoms. The first kappa shape index (κ1) is 10.2. The maximum absolute atomic E-state index is 11.8. The van der Waals surface area contributed by atoms with E-state index in [0.717, 1.165) is 51.4 Å². The fourth-order valence-corrected chi connectivity index (χ4v) is 3.07. The second kappa shape index (κ2) is 3.34. The zero-order valence-corrected chi connectivity index (χ0v) is 9.01. The molecule has 2 rings (SSSR count). The van der Waals surface area contributed by atoms with E-state index in [1.54, 1.807) is 0 Å². The van der Waals surface area contributed by atoms with Gasteiger partial charge in [0.05, 0.1) is 5.60 Å². The zero-order valence-electron chi connectivity index (χ0n) is 9.01. The van der Waals surface area contributed by atoms with Gasteiger partial charge in [0.15, 0.2) is 0 Å². The third-order valence-electron chi connectivity index (χ3n) is 4.45. The number of aliphatic hydroxyl groups is 1. The summed E-state index contributed by atoms with van der Waals surface area (Å²) in [5, 5.41) is 10.1.